The quantitative estimate of drug-likeness (QED) is 0.576. The molecule has 28 heavy (non-hydrogen) atoms. The lowest BCUT2D eigenvalue weighted by Gasteiger charge is -2.16. The molecule has 6 nitrogen and oxygen atoms in total. The summed E-state index contributed by atoms with van der Waals surface area (Å²) >= 11 is 0. The first-order valence-electron chi connectivity index (χ1n) is 9.00. The van der Waals surface area contributed by atoms with Crippen molar-refractivity contribution in [1.29, 1.82) is 0 Å². The van der Waals surface area contributed by atoms with Crippen LogP contribution in [0.5, 0.6) is 0 Å². The molecule has 2 aromatic rings. The minimum Gasteiger partial charge on any atom is -0.369 e. The van der Waals surface area contributed by atoms with Crippen LogP contribution in [-0.4, -0.2) is 24.4 Å². The summed E-state index contributed by atoms with van der Waals surface area (Å²) in [5.74, 6) is -2.07. The van der Waals surface area contributed by atoms with E-state index in [0.29, 0.717) is 12.8 Å². The van der Waals surface area contributed by atoms with E-state index in [1.54, 1.807) is 24.3 Å². The number of primary amides is 1. The SMILES string of the molecule is NC(=O)C(CNC(=O)C1CC(c2ccc(F)cc2)NN1)Cc1ccc(F)cc1. The number of hydrogen-bond acceptors (Lipinski definition) is 4. The summed E-state index contributed by atoms with van der Waals surface area (Å²) in [7, 11) is 0. The molecule has 8 heteroatoms. The zero-order chi connectivity index (χ0) is 20.1. The van der Waals surface area contributed by atoms with E-state index in [-0.39, 0.29) is 30.1 Å². The van der Waals surface area contributed by atoms with E-state index in [9.17, 15) is 18.4 Å². The number of nitrogens with one attached hydrogen (secondary N) is 3. The number of carbonyl (C=O) groups excluding carboxylic acids is 2. The molecule has 3 rings (SSSR count). The molecule has 0 aliphatic carbocycles. The summed E-state index contributed by atoms with van der Waals surface area (Å²) in [4.78, 5) is 24.1. The molecule has 0 bridgehead atoms. The van der Waals surface area contributed by atoms with Gasteiger partial charge >= 0.3 is 0 Å². The molecule has 2 amide bonds. The second-order valence-electron chi connectivity index (χ2n) is 6.86. The van der Waals surface area contributed by atoms with Crippen LogP contribution in [0.1, 0.15) is 23.6 Å². The Kier molecular flexibility index (Phi) is 6.33. The van der Waals surface area contributed by atoms with Crippen LogP contribution in [0.3, 0.4) is 0 Å². The van der Waals surface area contributed by atoms with Gasteiger partial charge in [-0.1, -0.05) is 24.3 Å². The largest absolute Gasteiger partial charge is 0.369 e. The Morgan fingerprint density at radius 2 is 1.64 bits per heavy atom. The van der Waals surface area contributed by atoms with E-state index >= 15 is 0 Å². The van der Waals surface area contributed by atoms with Crippen LogP contribution in [0.4, 0.5) is 8.78 Å². The van der Waals surface area contributed by atoms with Crippen molar-refractivity contribution in [3.05, 3.63) is 71.3 Å². The van der Waals surface area contributed by atoms with Crippen molar-refractivity contribution in [2.24, 2.45) is 11.7 Å². The summed E-state index contributed by atoms with van der Waals surface area (Å²) < 4.78 is 26.0. The van der Waals surface area contributed by atoms with Gasteiger partial charge in [-0.2, -0.15) is 0 Å². The van der Waals surface area contributed by atoms with Gasteiger partial charge in [0.2, 0.25) is 11.8 Å². The van der Waals surface area contributed by atoms with E-state index < -0.39 is 17.9 Å². The molecule has 3 unspecified atom stereocenters. The summed E-state index contributed by atoms with van der Waals surface area (Å²) in [5.41, 5.74) is 13.0. The van der Waals surface area contributed by atoms with Crippen LogP contribution in [-0.2, 0) is 16.0 Å². The standard InChI is InChI=1S/C20H22F2N4O2/c21-15-5-1-12(2-6-15)9-14(19(23)27)11-24-20(28)18-10-17(25-26-18)13-3-7-16(22)8-4-13/h1-8,14,17-18,25-26H,9-11H2,(H2,23,27)(H,24,28). The predicted molar refractivity (Wildman–Crippen MR) is 99.6 cm³/mol. The van der Waals surface area contributed by atoms with Gasteiger partial charge in [-0.15, -0.1) is 0 Å². The van der Waals surface area contributed by atoms with E-state index in [2.05, 4.69) is 16.2 Å². The number of hydrogen-bond donors (Lipinski definition) is 4. The van der Waals surface area contributed by atoms with E-state index in [4.69, 9.17) is 5.73 Å². The van der Waals surface area contributed by atoms with Crippen LogP contribution in [0, 0.1) is 17.6 Å². The first kappa shape index (κ1) is 19.9. The molecule has 0 saturated carbocycles. The van der Waals surface area contributed by atoms with Crippen molar-refractivity contribution in [3.8, 4) is 0 Å². The average molecular weight is 388 g/mol. The molecule has 2 aromatic carbocycles. The molecule has 0 aromatic heterocycles. The molecule has 148 valence electrons. The highest BCUT2D eigenvalue weighted by atomic mass is 19.1. The third-order valence-corrected chi connectivity index (χ3v) is 4.81. The second kappa shape index (κ2) is 8.90. The summed E-state index contributed by atoms with van der Waals surface area (Å²) in [6.07, 6.45) is 0.793. The van der Waals surface area contributed by atoms with Crippen LogP contribution < -0.4 is 21.9 Å². The molecule has 1 heterocycles. The molecular weight excluding hydrogens is 366 g/mol. The summed E-state index contributed by atoms with van der Waals surface area (Å²) in [6.45, 7) is 0.0882. The second-order valence-corrected chi connectivity index (χ2v) is 6.86. The van der Waals surface area contributed by atoms with Crippen molar-refractivity contribution in [2.45, 2.75) is 24.9 Å². The lowest BCUT2D eigenvalue weighted by molar-refractivity contribution is -0.124. The number of hydrazine groups is 1. The van der Waals surface area contributed by atoms with Gasteiger partial charge in [0.05, 0.1) is 5.92 Å². The average Bonchev–Trinajstić information content (AvgIpc) is 3.17. The van der Waals surface area contributed by atoms with Crippen LogP contribution >= 0.6 is 0 Å². The molecule has 1 fully saturated rings. The maximum atomic E-state index is 13.0. The van der Waals surface area contributed by atoms with E-state index in [0.717, 1.165) is 11.1 Å². The highest BCUT2D eigenvalue weighted by Crippen LogP contribution is 2.22. The van der Waals surface area contributed by atoms with Crippen molar-refractivity contribution in [1.82, 2.24) is 16.2 Å². The van der Waals surface area contributed by atoms with Gasteiger partial charge < -0.3 is 11.1 Å². The first-order valence-corrected chi connectivity index (χ1v) is 9.00. The highest BCUT2D eigenvalue weighted by Gasteiger charge is 2.30. The Bertz CT molecular complexity index is 827. The van der Waals surface area contributed by atoms with Crippen molar-refractivity contribution >= 4 is 11.8 Å². The number of nitrogens with two attached hydrogens (primary N) is 1. The lowest BCUT2D eigenvalue weighted by Crippen LogP contribution is -2.46. The Morgan fingerprint density at radius 1 is 1.04 bits per heavy atom. The van der Waals surface area contributed by atoms with E-state index in [1.165, 1.54) is 24.3 Å². The normalized spacial score (nSPS) is 19.9. The summed E-state index contributed by atoms with van der Waals surface area (Å²) in [5, 5.41) is 2.74. The number of carbonyl (C=O) groups is 2. The fraction of sp³-hybridized carbons (Fsp3) is 0.300. The minimum atomic E-state index is -0.600. The first-order chi connectivity index (χ1) is 13.4. The Hall–Kier alpha value is -2.84. The molecule has 1 saturated heterocycles. The Labute approximate surface area is 161 Å². The summed E-state index contributed by atoms with van der Waals surface area (Å²) in [6, 6.07) is 11.3. The molecule has 0 radical (unpaired) electrons. The minimum absolute atomic E-state index is 0.0882. The molecule has 1 aliphatic rings. The molecule has 1 aliphatic heterocycles. The monoisotopic (exact) mass is 388 g/mol. The van der Waals surface area contributed by atoms with Gasteiger partial charge in [0.15, 0.2) is 0 Å². The number of benzene rings is 2. The number of amides is 2. The van der Waals surface area contributed by atoms with Gasteiger partial charge in [0.25, 0.3) is 0 Å². The lowest BCUT2D eigenvalue weighted by atomic mass is 9.98. The maximum absolute atomic E-state index is 13.0. The zero-order valence-corrected chi connectivity index (χ0v) is 15.1. The van der Waals surface area contributed by atoms with Crippen LogP contribution in [0.15, 0.2) is 48.5 Å². The van der Waals surface area contributed by atoms with Crippen LogP contribution in [0.25, 0.3) is 0 Å². The molecular formula is C20H22F2N4O2. The van der Waals surface area contributed by atoms with Crippen molar-refractivity contribution in [2.75, 3.05) is 6.54 Å². The van der Waals surface area contributed by atoms with Crippen LogP contribution in [0.2, 0.25) is 0 Å². The van der Waals surface area contributed by atoms with Gasteiger partial charge in [-0.3, -0.25) is 9.59 Å². The number of halogens is 2. The number of rotatable bonds is 7. The van der Waals surface area contributed by atoms with E-state index in [1.807, 2.05) is 0 Å². The van der Waals surface area contributed by atoms with Gasteiger partial charge in [-0.05, 0) is 48.2 Å². The third-order valence-electron chi connectivity index (χ3n) is 4.81. The molecule has 0 spiro atoms. The maximum Gasteiger partial charge on any atom is 0.238 e. The Morgan fingerprint density at radius 3 is 2.25 bits per heavy atom. The topological polar surface area (TPSA) is 96.2 Å². The Balaban J connectivity index is 1.52. The fourth-order valence-corrected chi connectivity index (χ4v) is 3.17. The third kappa shape index (κ3) is 5.11. The highest BCUT2D eigenvalue weighted by molar-refractivity contribution is 5.83. The fourth-order valence-electron chi connectivity index (χ4n) is 3.17. The zero-order valence-electron chi connectivity index (χ0n) is 15.1. The van der Waals surface area contributed by atoms with Gasteiger partial charge in [-0.25, -0.2) is 19.6 Å². The smallest absolute Gasteiger partial charge is 0.238 e. The van der Waals surface area contributed by atoms with Gasteiger partial charge in [0.1, 0.15) is 17.7 Å². The van der Waals surface area contributed by atoms with Crippen molar-refractivity contribution < 1.29 is 18.4 Å². The molecule has 3 atom stereocenters. The van der Waals surface area contributed by atoms with Crippen molar-refractivity contribution in [3.63, 3.8) is 0 Å². The molecule has 5 N–H and O–H groups in total. The predicted octanol–water partition coefficient (Wildman–Crippen LogP) is 1.33. The van der Waals surface area contributed by atoms with Gasteiger partial charge in [0, 0.05) is 12.6 Å².